The average molecular weight is 517 g/mol. The monoisotopic (exact) mass is 516 g/mol. The van der Waals surface area contributed by atoms with Gasteiger partial charge >= 0.3 is 0 Å². The molecule has 2 aromatic carbocycles. The number of hydrogen-bond donors (Lipinski definition) is 0. The molecule has 1 fully saturated rings. The van der Waals surface area contributed by atoms with E-state index < -0.39 is 10.0 Å². The van der Waals surface area contributed by atoms with E-state index in [4.69, 9.17) is 35.8 Å². The number of methoxy groups -OCH3 is 1. The second-order valence-electron chi connectivity index (χ2n) is 8.15. The average Bonchev–Trinajstić information content (AvgIpc) is 2.89. The second kappa shape index (κ2) is 9.98. The van der Waals surface area contributed by atoms with Crippen molar-refractivity contribution in [3.05, 3.63) is 64.8 Å². The molecule has 5 rings (SSSR count). The van der Waals surface area contributed by atoms with Crippen LogP contribution in [0.3, 0.4) is 0 Å². The Bertz CT molecular complexity index is 1330. The summed E-state index contributed by atoms with van der Waals surface area (Å²) in [6.45, 7) is 2.89. The predicted octanol–water partition coefficient (Wildman–Crippen LogP) is 3.51. The number of sulfonamides is 1. The van der Waals surface area contributed by atoms with Crippen LogP contribution in [0.2, 0.25) is 5.02 Å². The summed E-state index contributed by atoms with van der Waals surface area (Å²) in [6.07, 6.45) is 0.428. The fourth-order valence-corrected chi connectivity index (χ4v) is 5.84. The van der Waals surface area contributed by atoms with E-state index in [0.29, 0.717) is 66.6 Å². The van der Waals surface area contributed by atoms with Gasteiger partial charge in [0.15, 0.2) is 11.5 Å². The van der Waals surface area contributed by atoms with Crippen molar-refractivity contribution < 1.29 is 22.6 Å². The van der Waals surface area contributed by atoms with E-state index in [1.54, 1.807) is 37.4 Å². The number of anilines is 1. The highest BCUT2D eigenvalue weighted by molar-refractivity contribution is 7.89. The van der Waals surface area contributed by atoms with Crippen LogP contribution in [-0.2, 0) is 27.7 Å². The minimum Gasteiger partial charge on any atom is -0.493 e. The summed E-state index contributed by atoms with van der Waals surface area (Å²) in [6, 6.07) is 13.5. The quantitative estimate of drug-likeness (QED) is 0.491. The Morgan fingerprint density at radius 3 is 2.51 bits per heavy atom. The van der Waals surface area contributed by atoms with Crippen LogP contribution < -0.4 is 14.4 Å². The minimum absolute atomic E-state index is 0.0814. The molecule has 0 radical (unpaired) electrons. The molecule has 0 N–H and O–H groups in total. The molecule has 0 spiro atoms. The summed E-state index contributed by atoms with van der Waals surface area (Å²) >= 11 is 6.06. The fraction of sp³-hybridized carbons (Fsp3) is 0.333. The predicted molar refractivity (Wildman–Crippen MR) is 131 cm³/mol. The highest BCUT2D eigenvalue weighted by atomic mass is 35.5. The number of benzene rings is 2. The summed E-state index contributed by atoms with van der Waals surface area (Å²) in [4.78, 5) is 11.7. The van der Waals surface area contributed by atoms with Crippen molar-refractivity contribution in [2.45, 2.75) is 17.9 Å². The number of nitrogens with zero attached hydrogens (tertiary/aromatic N) is 4. The summed E-state index contributed by atoms with van der Waals surface area (Å²) in [7, 11) is -2.21. The maximum atomic E-state index is 13.4. The highest BCUT2D eigenvalue weighted by Gasteiger charge is 2.33. The van der Waals surface area contributed by atoms with Crippen molar-refractivity contribution in [3.8, 4) is 17.4 Å². The van der Waals surface area contributed by atoms with E-state index >= 15 is 0 Å². The van der Waals surface area contributed by atoms with Crippen LogP contribution in [0.25, 0.3) is 0 Å². The molecule has 35 heavy (non-hydrogen) atoms. The molecule has 0 saturated carbocycles. The summed E-state index contributed by atoms with van der Waals surface area (Å²) in [5.74, 6) is 1.89. The SMILES string of the molecule is COc1ccccc1Oc1nc(N2CCOCC2)nc2c1CN(S(=O)(=O)c1cccc(Cl)c1)CC2. The topological polar surface area (TPSA) is 94.1 Å². The molecule has 0 atom stereocenters. The molecule has 1 saturated heterocycles. The third-order valence-electron chi connectivity index (χ3n) is 5.98. The molecule has 2 aliphatic heterocycles. The first-order valence-electron chi connectivity index (χ1n) is 11.2. The lowest BCUT2D eigenvalue weighted by Gasteiger charge is -2.31. The first kappa shape index (κ1) is 23.8. The Hall–Kier alpha value is -2.92. The third kappa shape index (κ3) is 4.92. The number of morpholine rings is 1. The molecule has 11 heteroatoms. The van der Waals surface area contributed by atoms with Crippen LogP contribution in [-0.4, -0.2) is 62.6 Å². The molecule has 184 valence electrons. The molecule has 0 bridgehead atoms. The van der Waals surface area contributed by atoms with Gasteiger partial charge in [0.05, 0.1) is 36.5 Å². The van der Waals surface area contributed by atoms with E-state index in [1.807, 2.05) is 17.0 Å². The van der Waals surface area contributed by atoms with Crippen molar-refractivity contribution >= 4 is 27.6 Å². The second-order valence-corrected chi connectivity index (χ2v) is 10.5. The number of rotatable bonds is 6. The maximum absolute atomic E-state index is 13.4. The van der Waals surface area contributed by atoms with Crippen LogP contribution >= 0.6 is 11.6 Å². The van der Waals surface area contributed by atoms with Crippen molar-refractivity contribution in [1.82, 2.24) is 14.3 Å². The fourth-order valence-electron chi connectivity index (χ4n) is 4.12. The van der Waals surface area contributed by atoms with E-state index in [2.05, 4.69) is 0 Å². The van der Waals surface area contributed by atoms with Gasteiger partial charge in [0.25, 0.3) is 0 Å². The first-order valence-corrected chi connectivity index (χ1v) is 13.1. The lowest BCUT2D eigenvalue weighted by Crippen LogP contribution is -2.39. The Morgan fingerprint density at radius 2 is 1.77 bits per heavy atom. The van der Waals surface area contributed by atoms with E-state index in [1.165, 1.54) is 10.4 Å². The Kier molecular flexibility index (Phi) is 6.79. The normalized spacial score (nSPS) is 16.6. The van der Waals surface area contributed by atoms with Crippen LogP contribution in [0, 0.1) is 0 Å². The van der Waals surface area contributed by atoms with Crippen molar-refractivity contribution in [1.29, 1.82) is 0 Å². The van der Waals surface area contributed by atoms with Gasteiger partial charge < -0.3 is 19.1 Å². The zero-order valence-corrected chi connectivity index (χ0v) is 20.8. The summed E-state index contributed by atoms with van der Waals surface area (Å²) in [5.41, 5.74) is 1.40. The summed E-state index contributed by atoms with van der Waals surface area (Å²) < 4.78 is 45.3. The largest absolute Gasteiger partial charge is 0.493 e. The van der Waals surface area contributed by atoms with E-state index in [-0.39, 0.29) is 18.0 Å². The zero-order valence-electron chi connectivity index (χ0n) is 19.2. The Morgan fingerprint density at radius 1 is 1.00 bits per heavy atom. The summed E-state index contributed by atoms with van der Waals surface area (Å²) in [5, 5.41) is 0.363. The molecule has 2 aliphatic rings. The smallest absolute Gasteiger partial charge is 0.243 e. The van der Waals surface area contributed by atoms with Gasteiger partial charge in [-0.2, -0.15) is 9.29 Å². The van der Waals surface area contributed by atoms with Crippen LogP contribution in [0.1, 0.15) is 11.3 Å². The van der Waals surface area contributed by atoms with Gasteiger partial charge in [0.1, 0.15) is 0 Å². The molecular weight excluding hydrogens is 492 g/mol. The molecule has 0 amide bonds. The van der Waals surface area contributed by atoms with Crippen molar-refractivity contribution in [2.24, 2.45) is 0 Å². The molecule has 0 unspecified atom stereocenters. The number of aromatic nitrogens is 2. The highest BCUT2D eigenvalue weighted by Crippen LogP contribution is 2.36. The van der Waals surface area contributed by atoms with Gasteiger partial charge in [-0.3, -0.25) is 0 Å². The number of ether oxygens (including phenoxy) is 3. The Labute approximate surface area is 209 Å². The van der Waals surface area contributed by atoms with Gasteiger partial charge in [-0.1, -0.05) is 29.8 Å². The van der Waals surface area contributed by atoms with Crippen LogP contribution in [0.5, 0.6) is 17.4 Å². The van der Waals surface area contributed by atoms with Crippen molar-refractivity contribution in [3.63, 3.8) is 0 Å². The molecule has 3 heterocycles. The van der Waals surface area contributed by atoms with E-state index in [0.717, 1.165) is 5.69 Å². The van der Waals surface area contributed by atoms with Gasteiger partial charge in [-0.15, -0.1) is 0 Å². The minimum atomic E-state index is -3.77. The number of halogens is 1. The molecule has 1 aromatic heterocycles. The molecular formula is C24H25ClN4O5S. The number of para-hydroxylation sites is 2. The van der Waals surface area contributed by atoms with Gasteiger partial charge in [0, 0.05) is 37.6 Å². The Balaban J connectivity index is 1.54. The maximum Gasteiger partial charge on any atom is 0.243 e. The van der Waals surface area contributed by atoms with Crippen molar-refractivity contribution in [2.75, 3.05) is 44.9 Å². The lowest BCUT2D eigenvalue weighted by atomic mass is 10.1. The standard InChI is InChI=1S/C24H25ClN4O5S/c1-32-21-7-2-3-8-22(21)34-23-19-16-29(35(30,31)18-6-4-5-17(25)15-18)10-9-20(19)26-24(27-23)28-11-13-33-14-12-28/h2-8,15H,9-14,16H2,1H3. The molecule has 3 aromatic rings. The van der Waals surface area contributed by atoms with Gasteiger partial charge in [-0.05, 0) is 30.3 Å². The third-order valence-corrected chi connectivity index (χ3v) is 8.06. The molecule has 9 nitrogen and oxygen atoms in total. The van der Waals surface area contributed by atoms with Gasteiger partial charge in [0.2, 0.25) is 21.9 Å². The number of hydrogen-bond acceptors (Lipinski definition) is 8. The zero-order chi connectivity index (χ0) is 24.4. The van der Waals surface area contributed by atoms with E-state index in [9.17, 15) is 8.42 Å². The van der Waals surface area contributed by atoms with Gasteiger partial charge in [-0.25, -0.2) is 13.4 Å². The number of fused-ring (bicyclic) bond motifs is 1. The lowest BCUT2D eigenvalue weighted by molar-refractivity contribution is 0.122. The van der Waals surface area contributed by atoms with Crippen LogP contribution in [0.4, 0.5) is 5.95 Å². The molecule has 0 aliphatic carbocycles. The first-order chi connectivity index (χ1) is 17.0. The van der Waals surface area contributed by atoms with Crippen LogP contribution in [0.15, 0.2) is 53.4 Å².